The maximum atomic E-state index is 12.0. The van der Waals surface area contributed by atoms with Gasteiger partial charge in [0.1, 0.15) is 5.25 Å². The summed E-state index contributed by atoms with van der Waals surface area (Å²) in [7, 11) is 0. The molecule has 1 atom stereocenters. The van der Waals surface area contributed by atoms with E-state index in [-0.39, 0.29) is 17.8 Å². The van der Waals surface area contributed by atoms with Crippen LogP contribution < -0.4 is 5.32 Å². The van der Waals surface area contributed by atoms with Gasteiger partial charge >= 0.3 is 5.97 Å². The van der Waals surface area contributed by atoms with Crippen molar-refractivity contribution < 1.29 is 14.3 Å². The Morgan fingerprint density at radius 1 is 1.12 bits per heavy atom. The minimum atomic E-state index is -0.403. The highest BCUT2D eigenvalue weighted by Crippen LogP contribution is 2.23. The van der Waals surface area contributed by atoms with Crippen LogP contribution in [0.3, 0.4) is 0 Å². The first kappa shape index (κ1) is 18.1. The van der Waals surface area contributed by atoms with Crippen molar-refractivity contribution in [3.8, 4) is 0 Å². The number of hydrogen-bond donors (Lipinski definition) is 1. The summed E-state index contributed by atoms with van der Waals surface area (Å²) in [4.78, 5) is 25.0. The third kappa shape index (κ3) is 5.42. The van der Waals surface area contributed by atoms with E-state index < -0.39 is 5.97 Å². The molecule has 24 heavy (non-hydrogen) atoms. The average Bonchev–Trinajstić information content (AvgIpc) is 2.57. The monoisotopic (exact) mass is 343 g/mol. The van der Waals surface area contributed by atoms with Crippen molar-refractivity contribution in [1.82, 2.24) is 0 Å². The molecule has 2 aromatic carbocycles. The molecule has 0 aromatic heterocycles. The van der Waals surface area contributed by atoms with Crippen LogP contribution in [0.4, 0.5) is 5.69 Å². The lowest BCUT2D eigenvalue weighted by molar-refractivity contribution is -0.146. The number of rotatable bonds is 6. The van der Waals surface area contributed by atoms with E-state index in [0.29, 0.717) is 0 Å². The van der Waals surface area contributed by atoms with E-state index in [9.17, 15) is 9.59 Å². The second-order valence-corrected chi connectivity index (χ2v) is 6.96. The van der Waals surface area contributed by atoms with Crippen LogP contribution in [-0.2, 0) is 14.3 Å². The Morgan fingerprint density at radius 2 is 1.83 bits per heavy atom. The zero-order chi connectivity index (χ0) is 17.5. The fourth-order valence-electron chi connectivity index (χ4n) is 2.06. The number of carbonyl (C=O) groups is 2. The van der Waals surface area contributed by atoms with Gasteiger partial charge in [-0.2, -0.15) is 0 Å². The lowest BCUT2D eigenvalue weighted by atomic mass is 10.1. The highest BCUT2D eigenvalue weighted by molar-refractivity contribution is 8.00. The van der Waals surface area contributed by atoms with E-state index in [0.717, 1.165) is 21.7 Å². The Morgan fingerprint density at radius 3 is 2.54 bits per heavy atom. The minimum Gasteiger partial charge on any atom is -0.455 e. The van der Waals surface area contributed by atoms with Crippen LogP contribution in [0.2, 0.25) is 0 Å². The van der Waals surface area contributed by atoms with E-state index in [1.807, 2.05) is 62.4 Å². The van der Waals surface area contributed by atoms with Crippen LogP contribution in [-0.4, -0.2) is 23.7 Å². The van der Waals surface area contributed by atoms with Crippen molar-refractivity contribution in [2.45, 2.75) is 30.9 Å². The first-order valence-corrected chi connectivity index (χ1v) is 8.59. The van der Waals surface area contributed by atoms with Crippen molar-refractivity contribution >= 4 is 29.3 Å². The number of nitrogens with one attached hydrogen (secondary N) is 1. The molecular weight excluding hydrogens is 322 g/mol. The van der Waals surface area contributed by atoms with Gasteiger partial charge in [-0.3, -0.25) is 9.59 Å². The second-order valence-electron chi connectivity index (χ2n) is 5.55. The van der Waals surface area contributed by atoms with Crippen molar-refractivity contribution in [2.75, 3.05) is 11.9 Å². The number of benzene rings is 2. The standard InChI is InChI=1S/C19H21NO3S/c1-13-9-10-14(2)17(11-13)20-18(21)12-23-19(22)15(3)24-16-7-5-4-6-8-16/h4-11,15H,12H2,1-3H3,(H,20,21)/t15-/m0/s1. The van der Waals surface area contributed by atoms with E-state index in [2.05, 4.69) is 5.32 Å². The molecule has 0 fully saturated rings. The van der Waals surface area contributed by atoms with Crippen LogP contribution in [0.5, 0.6) is 0 Å². The lowest BCUT2D eigenvalue weighted by Crippen LogP contribution is -2.25. The Balaban J connectivity index is 1.82. The van der Waals surface area contributed by atoms with Crippen molar-refractivity contribution in [3.63, 3.8) is 0 Å². The Kier molecular flexibility index (Phi) is 6.44. The predicted molar refractivity (Wildman–Crippen MR) is 97.3 cm³/mol. The maximum Gasteiger partial charge on any atom is 0.319 e. The molecule has 4 nitrogen and oxygen atoms in total. The second kappa shape index (κ2) is 8.55. The number of carbonyl (C=O) groups excluding carboxylic acids is 2. The zero-order valence-corrected chi connectivity index (χ0v) is 14.9. The smallest absolute Gasteiger partial charge is 0.319 e. The molecule has 0 saturated carbocycles. The summed E-state index contributed by atoms with van der Waals surface area (Å²) in [5, 5.41) is 2.40. The van der Waals surface area contributed by atoms with Crippen LogP contribution in [0.1, 0.15) is 18.1 Å². The third-order valence-electron chi connectivity index (χ3n) is 3.40. The van der Waals surface area contributed by atoms with E-state index >= 15 is 0 Å². The van der Waals surface area contributed by atoms with E-state index in [1.54, 1.807) is 6.92 Å². The van der Waals surface area contributed by atoms with Crippen LogP contribution in [0.25, 0.3) is 0 Å². The number of anilines is 1. The lowest BCUT2D eigenvalue weighted by Gasteiger charge is -2.12. The number of aryl methyl sites for hydroxylation is 2. The van der Waals surface area contributed by atoms with Gasteiger partial charge in [-0.1, -0.05) is 30.3 Å². The average molecular weight is 343 g/mol. The molecule has 1 N–H and O–H groups in total. The van der Waals surface area contributed by atoms with Crippen LogP contribution in [0.15, 0.2) is 53.4 Å². The molecule has 0 spiro atoms. The third-order valence-corrected chi connectivity index (χ3v) is 4.49. The fourth-order valence-corrected chi connectivity index (χ4v) is 2.95. The highest BCUT2D eigenvalue weighted by atomic mass is 32.2. The van der Waals surface area contributed by atoms with Gasteiger partial charge in [-0.25, -0.2) is 0 Å². The topological polar surface area (TPSA) is 55.4 Å². The van der Waals surface area contributed by atoms with Crippen LogP contribution in [0, 0.1) is 13.8 Å². The fraction of sp³-hybridized carbons (Fsp3) is 0.263. The molecule has 0 heterocycles. The quantitative estimate of drug-likeness (QED) is 0.637. The molecule has 0 aliphatic carbocycles. The molecule has 0 unspecified atom stereocenters. The number of esters is 1. The van der Waals surface area contributed by atoms with Gasteiger partial charge in [-0.15, -0.1) is 11.8 Å². The van der Waals surface area contributed by atoms with E-state index in [1.165, 1.54) is 11.8 Å². The van der Waals surface area contributed by atoms with Crippen molar-refractivity contribution in [1.29, 1.82) is 0 Å². The summed E-state index contributed by atoms with van der Waals surface area (Å²) in [6, 6.07) is 15.4. The Labute approximate surface area is 146 Å². The molecule has 0 aliphatic rings. The molecule has 1 amide bonds. The first-order valence-electron chi connectivity index (χ1n) is 7.71. The molecule has 0 saturated heterocycles. The van der Waals surface area contributed by atoms with Crippen molar-refractivity contribution in [3.05, 3.63) is 59.7 Å². The Bertz CT molecular complexity index is 716. The van der Waals surface area contributed by atoms with Gasteiger partial charge in [0.25, 0.3) is 5.91 Å². The molecule has 5 heteroatoms. The number of ether oxygens (including phenoxy) is 1. The molecule has 2 aromatic rings. The molecule has 0 radical (unpaired) electrons. The Hall–Kier alpha value is -2.27. The molecule has 0 aliphatic heterocycles. The zero-order valence-electron chi connectivity index (χ0n) is 14.0. The minimum absolute atomic E-state index is 0.286. The summed E-state index contributed by atoms with van der Waals surface area (Å²) in [6.07, 6.45) is 0. The summed E-state index contributed by atoms with van der Waals surface area (Å²) >= 11 is 1.41. The van der Waals surface area contributed by atoms with Gasteiger partial charge in [-0.05, 0) is 50.1 Å². The highest BCUT2D eigenvalue weighted by Gasteiger charge is 2.17. The SMILES string of the molecule is Cc1ccc(C)c(NC(=O)COC(=O)[C@H](C)Sc2ccccc2)c1. The van der Waals surface area contributed by atoms with Gasteiger partial charge in [0.15, 0.2) is 6.61 Å². The summed E-state index contributed by atoms with van der Waals surface area (Å²) in [5.41, 5.74) is 2.76. The van der Waals surface area contributed by atoms with Crippen LogP contribution >= 0.6 is 11.8 Å². The van der Waals surface area contributed by atoms with Gasteiger partial charge in [0.05, 0.1) is 0 Å². The number of hydrogen-bond acceptors (Lipinski definition) is 4. The van der Waals surface area contributed by atoms with Crippen molar-refractivity contribution in [2.24, 2.45) is 0 Å². The first-order chi connectivity index (χ1) is 11.5. The van der Waals surface area contributed by atoms with Gasteiger partial charge < -0.3 is 10.1 Å². The number of thioether (sulfide) groups is 1. The van der Waals surface area contributed by atoms with Gasteiger partial charge in [0, 0.05) is 10.6 Å². The summed E-state index contributed by atoms with van der Waals surface area (Å²) in [6.45, 7) is 5.35. The summed E-state index contributed by atoms with van der Waals surface area (Å²) < 4.78 is 5.11. The van der Waals surface area contributed by atoms with E-state index in [4.69, 9.17) is 4.74 Å². The maximum absolute atomic E-state index is 12.0. The largest absolute Gasteiger partial charge is 0.455 e. The molecule has 0 bridgehead atoms. The normalized spacial score (nSPS) is 11.6. The molecule has 126 valence electrons. The predicted octanol–water partition coefficient (Wildman–Crippen LogP) is 3.97. The van der Waals surface area contributed by atoms with Gasteiger partial charge in [0.2, 0.25) is 0 Å². The number of amides is 1. The summed E-state index contributed by atoms with van der Waals surface area (Å²) in [5.74, 6) is -0.742. The molecular formula is C19H21NO3S. The molecule has 2 rings (SSSR count).